The van der Waals surface area contributed by atoms with E-state index in [1.54, 1.807) is 0 Å². The highest BCUT2D eigenvalue weighted by Gasteiger charge is 2.36. The number of hydrogen-bond acceptors (Lipinski definition) is 6. The van der Waals surface area contributed by atoms with Crippen molar-refractivity contribution in [2.45, 2.75) is 59.8 Å². The standard InChI is InChI=1S/C12H16N2O.C9H12N2O/c1-12(2)6-10(14-4-3-5-14)9(8-13)11(15)7-12;1-9(2)3-7(11)6(5-10)8(12)4-9/h3-7H2,1-2H3;3-4,11H2,1-2H3. The Labute approximate surface area is 161 Å². The van der Waals surface area contributed by atoms with E-state index in [1.165, 1.54) is 6.42 Å². The van der Waals surface area contributed by atoms with Crippen LogP contribution < -0.4 is 5.73 Å². The number of nitriles is 2. The van der Waals surface area contributed by atoms with Gasteiger partial charge in [0.25, 0.3) is 0 Å². The highest BCUT2D eigenvalue weighted by atomic mass is 16.1. The number of hydrogen-bond donors (Lipinski definition) is 1. The van der Waals surface area contributed by atoms with E-state index in [0.717, 1.165) is 25.2 Å². The van der Waals surface area contributed by atoms with E-state index in [4.69, 9.17) is 16.3 Å². The molecule has 144 valence electrons. The van der Waals surface area contributed by atoms with Gasteiger partial charge in [0, 0.05) is 37.3 Å². The summed E-state index contributed by atoms with van der Waals surface area (Å²) in [7, 11) is 0. The summed E-state index contributed by atoms with van der Waals surface area (Å²) in [5.74, 6) is -0.0955. The molecule has 1 saturated heterocycles. The van der Waals surface area contributed by atoms with Crippen LogP contribution in [0.25, 0.3) is 0 Å². The Kier molecular flexibility index (Phi) is 5.80. The minimum atomic E-state index is -0.119. The van der Waals surface area contributed by atoms with Crippen LogP contribution in [0.4, 0.5) is 0 Å². The van der Waals surface area contributed by atoms with Crippen molar-refractivity contribution in [3.05, 3.63) is 22.5 Å². The zero-order valence-corrected chi connectivity index (χ0v) is 16.7. The molecule has 27 heavy (non-hydrogen) atoms. The van der Waals surface area contributed by atoms with Crippen LogP contribution in [-0.2, 0) is 9.59 Å². The molecule has 0 aromatic carbocycles. The zero-order chi connectivity index (χ0) is 20.4. The van der Waals surface area contributed by atoms with Crippen molar-refractivity contribution >= 4 is 11.6 Å². The van der Waals surface area contributed by atoms with Crippen LogP contribution in [0.3, 0.4) is 0 Å². The first kappa shape index (κ1) is 20.7. The summed E-state index contributed by atoms with van der Waals surface area (Å²) < 4.78 is 0. The molecule has 0 saturated carbocycles. The van der Waals surface area contributed by atoms with Gasteiger partial charge in [-0.2, -0.15) is 10.5 Å². The molecule has 1 heterocycles. The third kappa shape index (κ3) is 4.77. The van der Waals surface area contributed by atoms with Crippen molar-refractivity contribution in [1.29, 1.82) is 10.5 Å². The first-order valence-electron chi connectivity index (χ1n) is 9.33. The van der Waals surface area contributed by atoms with Gasteiger partial charge in [-0.05, 0) is 30.1 Å². The fourth-order valence-electron chi connectivity index (χ4n) is 3.77. The van der Waals surface area contributed by atoms with Crippen LogP contribution in [0, 0.1) is 33.5 Å². The second-order valence-electron chi connectivity index (χ2n) is 9.17. The SMILES string of the molecule is CC1(C)CC(=O)C(C#N)=C(N)C1.CC1(C)CC(=O)C(C#N)=C(N2CCC2)C1. The molecule has 0 atom stereocenters. The van der Waals surface area contributed by atoms with Crippen molar-refractivity contribution < 1.29 is 9.59 Å². The minimum absolute atomic E-state index is 0.0162. The lowest BCUT2D eigenvalue weighted by Gasteiger charge is -2.41. The Hall–Kier alpha value is -2.60. The summed E-state index contributed by atoms with van der Waals surface area (Å²) in [6, 6.07) is 3.93. The summed E-state index contributed by atoms with van der Waals surface area (Å²) in [6.07, 6.45) is 3.62. The largest absolute Gasteiger partial charge is 0.401 e. The summed E-state index contributed by atoms with van der Waals surface area (Å²) >= 11 is 0. The maximum absolute atomic E-state index is 11.8. The van der Waals surface area contributed by atoms with E-state index in [-0.39, 0.29) is 28.0 Å². The second kappa shape index (κ2) is 7.56. The molecule has 0 aromatic rings. The Morgan fingerprint density at radius 1 is 0.852 bits per heavy atom. The zero-order valence-electron chi connectivity index (χ0n) is 16.7. The van der Waals surface area contributed by atoms with Gasteiger partial charge in [0.05, 0.1) is 0 Å². The van der Waals surface area contributed by atoms with Crippen LogP contribution in [0.5, 0.6) is 0 Å². The highest BCUT2D eigenvalue weighted by Crippen LogP contribution is 2.39. The molecule has 0 radical (unpaired) electrons. The molecular weight excluding hydrogens is 340 g/mol. The fraction of sp³-hybridized carbons (Fsp3) is 0.619. The monoisotopic (exact) mass is 368 g/mol. The smallest absolute Gasteiger partial charge is 0.175 e. The lowest BCUT2D eigenvalue weighted by molar-refractivity contribution is -0.118. The van der Waals surface area contributed by atoms with E-state index in [2.05, 4.69) is 24.8 Å². The van der Waals surface area contributed by atoms with Gasteiger partial charge in [-0.25, -0.2) is 0 Å². The predicted molar refractivity (Wildman–Crippen MR) is 102 cm³/mol. The topological polar surface area (TPSA) is 111 Å². The Morgan fingerprint density at radius 2 is 1.33 bits per heavy atom. The molecule has 0 unspecified atom stereocenters. The van der Waals surface area contributed by atoms with Crippen molar-refractivity contribution in [3.8, 4) is 12.1 Å². The Balaban J connectivity index is 0.000000199. The Morgan fingerprint density at radius 3 is 1.74 bits per heavy atom. The number of Topliss-reactive ketones (excluding diaryl/α,β-unsaturated/α-hetero) is 2. The molecular formula is C21H28N4O2. The molecule has 1 aliphatic heterocycles. The number of nitrogens with zero attached hydrogens (tertiary/aromatic N) is 3. The normalized spacial score (nSPS) is 23.7. The van der Waals surface area contributed by atoms with E-state index in [1.807, 2.05) is 19.9 Å². The quantitative estimate of drug-likeness (QED) is 0.761. The van der Waals surface area contributed by atoms with Gasteiger partial charge in [0.1, 0.15) is 23.3 Å². The number of carbonyl (C=O) groups is 2. The van der Waals surface area contributed by atoms with Crippen molar-refractivity contribution in [2.75, 3.05) is 13.1 Å². The van der Waals surface area contributed by atoms with E-state index >= 15 is 0 Å². The minimum Gasteiger partial charge on any atom is -0.401 e. The fourth-order valence-corrected chi connectivity index (χ4v) is 3.77. The number of ketones is 2. The van der Waals surface area contributed by atoms with Crippen LogP contribution in [0.1, 0.15) is 59.8 Å². The lowest BCUT2D eigenvalue weighted by Crippen LogP contribution is -2.41. The van der Waals surface area contributed by atoms with Crippen LogP contribution in [0.15, 0.2) is 22.5 Å². The molecule has 0 amide bonds. The third-order valence-electron chi connectivity index (χ3n) is 5.22. The lowest BCUT2D eigenvalue weighted by atomic mass is 9.75. The van der Waals surface area contributed by atoms with Crippen LogP contribution >= 0.6 is 0 Å². The van der Waals surface area contributed by atoms with Gasteiger partial charge >= 0.3 is 0 Å². The molecule has 1 fully saturated rings. The van der Waals surface area contributed by atoms with Crippen molar-refractivity contribution in [3.63, 3.8) is 0 Å². The maximum Gasteiger partial charge on any atom is 0.175 e. The first-order valence-corrected chi connectivity index (χ1v) is 9.33. The summed E-state index contributed by atoms with van der Waals surface area (Å²) in [5.41, 5.74) is 7.53. The van der Waals surface area contributed by atoms with Gasteiger partial charge in [0.2, 0.25) is 0 Å². The second-order valence-corrected chi connectivity index (χ2v) is 9.17. The molecule has 0 aromatic heterocycles. The Bertz CT molecular complexity index is 799. The van der Waals surface area contributed by atoms with Crippen molar-refractivity contribution in [2.24, 2.45) is 16.6 Å². The van der Waals surface area contributed by atoms with Gasteiger partial charge in [0.15, 0.2) is 11.6 Å². The number of carbonyl (C=O) groups excluding carboxylic acids is 2. The molecule has 0 bridgehead atoms. The molecule has 3 rings (SSSR count). The molecule has 2 aliphatic carbocycles. The molecule has 2 N–H and O–H groups in total. The number of nitrogens with two attached hydrogens (primary N) is 1. The highest BCUT2D eigenvalue weighted by molar-refractivity contribution is 6.01. The van der Waals surface area contributed by atoms with Gasteiger partial charge in [-0.3, -0.25) is 9.59 Å². The number of allylic oxidation sites excluding steroid dienone is 4. The number of likely N-dealkylation sites (tertiary alicyclic amines) is 1. The van der Waals surface area contributed by atoms with Crippen LogP contribution in [0.2, 0.25) is 0 Å². The van der Waals surface area contributed by atoms with Crippen molar-refractivity contribution in [1.82, 2.24) is 4.90 Å². The summed E-state index contributed by atoms with van der Waals surface area (Å²) in [4.78, 5) is 25.3. The van der Waals surface area contributed by atoms with Gasteiger partial charge in [-0.1, -0.05) is 27.7 Å². The first-order chi connectivity index (χ1) is 12.5. The summed E-state index contributed by atoms with van der Waals surface area (Å²) in [5, 5.41) is 17.6. The summed E-state index contributed by atoms with van der Waals surface area (Å²) in [6.45, 7) is 10.2. The average molecular weight is 368 g/mol. The van der Waals surface area contributed by atoms with Gasteiger partial charge < -0.3 is 10.6 Å². The molecule has 6 nitrogen and oxygen atoms in total. The average Bonchev–Trinajstić information content (AvgIpc) is 2.43. The van der Waals surface area contributed by atoms with E-state index in [0.29, 0.717) is 30.5 Å². The van der Waals surface area contributed by atoms with E-state index in [9.17, 15) is 9.59 Å². The van der Waals surface area contributed by atoms with E-state index < -0.39 is 0 Å². The molecule has 3 aliphatic rings. The van der Waals surface area contributed by atoms with Crippen LogP contribution in [-0.4, -0.2) is 29.6 Å². The van der Waals surface area contributed by atoms with Gasteiger partial charge in [-0.15, -0.1) is 0 Å². The maximum atomic E-state index is 11.8. The molecule has 6 heteroatoms. The molecule has 0 spiro atoms. The number of rotatable bonds is 1. The third-order valence-corrected chi connectivity index (χ3v) is 5.22. The predicted octanol–water partition coefficient (Wildman–Crippen LogP) is 2.97.